The Hall–Kier alpha value is -3.74. The molecule has 2 aliphatic heterocycles. The van der Waals surface area contributed by atoms with E-state index in [4.69, 9.17) is 21.6 Å². The van der Waals surface area contributed by atoms with E-state index in [0.717, 1.165) is 83.0 Å². The van der Waals surface area contributed by atoms with Crippen molar-refractivity contribution in [3.63, 3.8) is 0 Å². The molecule has 0 saturated carbocycles. The lowest BCUT2D eigenvalue weighted by atomic mass is 10.0. The predicted octanol–water partition coefficient (Wildman–Crippen LogP) is 7.25. The summed E-state index contributed by atoms with van der Waals surface area (Å²) in [7, 11) is 0. The lowest BCUT2D eigenvalue weighted by molar-refractivity contribution is 0.192. The second kappa shape index (κ2) is 11.4. The Morgan fingerprint density at radius 2 is 1.77 bits per heavy atom. The van der Waals surface area contributed by atoms with Crippen LogP contribution in [0.4, 0.5) is 11.4 Å². The molecule has 0 radical (unpaired) electrons. The first-order valence-electron chi connectivity index (χ1n) is 14.1. The summed E-state index contributed by atoms with van der Waals surface area (Å²) in [6, 6.07) is 24.9. The second-order valence-corrected chi connectivity index (χ2v) is 11.6. The first kappa shape index (κ1) is 26.5. The number of piperidine rings is 1. The molecular formula is C33H35ClN6. The minimum atomic E-state index is 0.273. The fraction of sp³-hybridized carbons (Fsp3) is 0.303. The van der Waals surface area contributed by atoms with Crippen molar-refractivity contribution in [2.45, 2.75) is 39.7 Å². The maximum absolute atomic E-state index is 6.26. The number of pyridine rings is 1. The van der Waals surface area contributed by atoms with Crippen molar-refractivity contribution < 1.29 is 0 Å². The number of para-hydroxylation sites is 2. The average molecular weight is 551 g/mol. The third kappa shape index (κ3) is 5.74. The van der Waals surface area contributed by atoms with Crippen LogP contribution < -0.4 is 10.7 Å². The average Bonchev–Trinajstić information content (AvgIpc) is 2.95. The van der Waals surface area contributed by atoms with Gasteiger partial charge in [-0.05, 0) is 86.3 Å². The van der Waals surface area contributed by atoms with Gasteiger partial charge in [-0.25, -0.2) is 4.98 Å². The Balaban J connectivity index is 1.51. The molecule has 0 amide bonds. The number of aromatic nitrogens is 3. The van der Waals surface area contributed by atoms with Crippen LogP contribution in [0.2, 0.25) is 5.02 Å². The van der Waals surface area contributed by atoms with E-state index >= 15 is 0 Å². The molecule has 3 aromatic rings. The van der Waals surface area contributed by atoms with E-state index in [9.17, 15) is 0 Å². The van der Waals surface area contributed by atoms with E-state index in [2.05, 4.69) is 82.1 Å². The minimum Gasteiger partial charge on any atom is -0.352 e. The van der Waals surface area contributed by atoms with Crippen molar-refractivity contribution in [3.05, 3.63) is 95.1 Å². The highest BCUT2D eigenvalue weighted by atomic mass is 35.5. The molecule has 1 aromatic heterocycles. The van der Waals surface area contributed by atoms with E-state index in [0.29, 0.717) is 10.9 Å². The molecule has 0 spiro atoms. The van der Waals surface area contributed by atoms with Gasteiger partial charge in [0.25, 0.3) is 0 Å². The Labute approximate surface area is 240 Å². The number of rotatable bonds is 6. The van der Waals surface area contributed by atoms with Crippen LogP contribution in [0.5, 0.6) is 0 Å². The summed E-state index contributed by atoms with van der Waals surface area (Å²) in [5.41, 5.74) is 7.74. The van der Waals surface area contributed by atoms with E-state index in [1.165, 1.54) is 0 Å². The van der Waals surface area contributed by atoms with E-state index in [1.807, 2.05) is 37.4 Å². The van der Waals surface area contributed by atoms with Crippen molar-refractivity contribution in [2.75, 3.05) is 25.0 Å². The maximum atomic E-state index is 6.26. The molecule has 0 unspecified atom stereocenters. The van der Waals surface area contributed by atoms with Crippen LogP contribution in [0.25, 0.3) is 28.1 Å². The predicted molar refractivity (Wildman–Crippen MR) is 165 cm³/mol. The molecule has 6 nitrogen and oxygen atoms in total. The molecule has 1 aliphatic carbocycles. The highest BCUT2D eigenvalue weighted by Crippen LogP contribution is 2.31. The number of likely N-dealkylation sites (tertiary alicyclic amines) is 1. The number of hydrogen-bond donors (Lipinski definition) is 1. The zero-order chi connectivity index (χ0) is 27.6. The summed E-state index contributed by atoms with van der Waals surface area (Å²) in [5, 5.41) is 5.25. The Morgan fingerprint density at radius 3 is 2.50 bits per heavy atom. The zero-order valence-electron chi connectivity index (χ0n) is 23.3. The van der Waals surface area contributed by atoms with E-state index in [-0.39, 0.29) is 6.04 Å². The molecule has 40 heavy (non-hydrogen) atoms. The standard InChI is InChI=1S/C33H35ClN6/c1-22(2)21-39-16-14-25(15-17-39)36-30-19-33-31(18-29(30)37-26-11-8-23(3)35-20-26)38-28-6-4-5-7-32(28)40(33)27-12-9-24(34)10-13-27/h4-13,18-20,22,25,37H,14-17,21H2,1-3H3/b36-30+. The largest absolute Gasteiger partial charge is 0.352 e. The second-order valence-electron chi connectivity index (χ2n) is 11.1. The number of fused-ring (bicyclic) bond motifs is 2. The van der Waals surface area contributed by atoms with Gasteiger partial charge < -0.3 is 14.8 Å². The van der Waals surface area contributed by atoms with Gasteiger partial charge >= 0.3 is 0 Å². The third-order valence-electron chi connectivity index (χ3n) is 7.47. The topological polar surface area (TPSA) is 58.3 Å². The summed E-state index contributed by atoms with van der Waals surface area (Å²) in [5.74, 6) is 0.679. The van der Waals surface area contributed by atoms with Gasteiger partial charge in [0.2, 0.25) is 0 Å². The summed E-state index contributed by atoms with van der Waals surface area (Å²) in [4.78, 5) is 17.5. The maximum Gasteiger partial charge on any atom is 0.0900 e. The van der Waals surface area contributed by atoms with E-state index in [1.54, 1.807) is 0 Å². The fourth-order valence-corrected chi connectivity index (χ4v) is 5.68. The first-order valence-corrected chi connectivity index (χ1v) is 14.5. The highest BCUT2D eigenvalue weighted by molar-refractivity contribution is 6.30. The molecule has 0 bridgehead atoms. The summed E-state index contributed by atoms with van der Waals surface area (Å²) in [6.07, 6.45) is 3.99. The number of anilines is 2. The number of aryl methyl sites for hydroxylation is 1. The monoisotopic (exact) mass is 550 g/mol. The minimum absolute atomic E-state index is 0.273. The summed E-state index contributed by atoms with van der Waals surface area (Å²) in [6.45, 7) is 9.89. The Morgan fingerprint density at radius 1 is 1.00 bits per heavy atom. The van der Waals surface area contributed by atoms with Crippen LogP contribution in [0.3, 0.4) is 0 Å². The van der Waals surface area contributed by atoms with Crippen molar-refractivity contribution in [2.24, 2.45) is 10.9 Å². The molecule has 0 atom stereocenters. The van der Waals surface area contributed by atoms with Gasteiger partial charge in [-0.2, -0.15) is 0 Å². The lowest BCUT2D eigenvalue weighted by Crippen LogP contribution is -2.38. The first-order chi connectivity index (χ1) is 19.4. The molecule has 2 aromatic carbocycles. The van der Waals surface area contributed by atoms with Crippen LogP contribution in [-0.4, -0.2) is 45.1 Å². The molecular weight excluding hydrogens is 516 g/mol. The van der Waals surface area contributed by atoms with Crippen molar-refractivity contribution in [1.82, 2.24) is 19.4 Å². The van der Waals surface area contributed by atoms with Gasteiger partial charge in [-0.3, -0.25) is 9.98 Å². The van der Waals surface area contributed by atoms with Gasteiger partial charge in [0, 0.05) is 36.0 Å². The van der Waals surface area contributed by atoms with Crippen molar-refractivity contribution in [1.29, 1.82) is 0 Å². The SMILES string of the molecule is Cc1ccc(Nc2cc3nc4ccccc4n(-c4ccc(Cl)cc4)c-3c/c2=N\C2CCN(CC(C)C)CC2)cn1. The van der Waals surface area contributed by atoms with E-state index < -0.39 is 0 Å². The third-order valence-corrected chi connectivity index (χ3v) is 7.73. The van der Waals surface area contributed by atoms with Gasteiger partial charge in [0.1, 0.15) is 0 Å². The summed E-state index contributed by atoms with van der Waals surface area (Å²) < 4.78 is 2.26. The fourth-order valence-electron chi connectivity index (χ4n) is 5.56. The molecule has 1 fully saturated rings. The molecule has 3 aliphatic rings. The zero-order valence-corrected chi connectivity index (χ0v) is 24.1. The quantitative estimate of drug-likeness (QED) is 0.226. The number of hydrogen-bond acceptors (Lipinski definition) is 5. The normalized spacial score (nSPS) is 15.4. The van der Waals surface area contributed by atoms with Crippen LogP contribution in [0.15, 0.2) is 84.0 Å². The van der Waals surface area contributed by atoms with Gasteiger partial charge in [0.15, 0.2) is 0 Å². The highest BCUT2D eigenvalue weighted by Gasteiger charge is 2.21. The van der Waals surface area contributed by atoms with Crippen LogP contribution in [0, 0.1) is 12.8 Å². The lowest BCUT2D eigenvalue weighted by Gasteiger charge is -2.31. The number of nitrogens with zero attached hydrogens (tertiary/aromatic N) is 5. The molecule has 1 N–H and O–H groups in total. The molecule has 3 heterocycles. The van der Waals surface area contributed by atoms with Crippen LogP contribution >= 0.6 is 11.6 Å². The number of benzene rings is 3. The Kier molecular flexibility index (Phi) is 7.55. The molecule has 6 rings (SSSR count). The molecule has 204 valence electrons. The van der Waals surface area contributed by atoms with Gasteiger partial charge in [0.05, 0.1) is 51.4 Å². The number of halogens is 1. The molecule has 1 saturated heterocycles. The number of nitrogens with one attached hydrogen (secondary N) is 1. The van der Waals surface area contributed by atoms with Crippen molar-refractivity contribution in [3.8, 4) is 17.1 Å². The van der Waals surface area contributed by atoms with Crippen LogP contribution in [-0.2, 0) is 0 Å². The van der Waals surface area contributed by atoms with Gasteiger partial charge in [-0.1, -0.05) is 37.6 Å². The van der Waals surface area contributed by atoms with Gasteiger partial charge in [-0.15, -0.1) is 0 Å². The smallest absolute Gasteiger partial charge is 0.0900 e. The Bertz CT molecular complexity index is 1650. The summed E-state index contributed by atoms with van der Waals surface area (Å²) >= 11 is 6.26. The van der Waals surface area contributed by atoms with Crippen LogP contribution in [0.1, 0.15) is 32.4 Å². The van der Waals surface area contributed by atoms with Crippen molar-refractivity contribution >= 4 is 34.0 Å². The molecule has 7 heteroatoms.